The first-order chi connectivity index (χ1) is 13.3. The van der Waals surface area contributed by atoms with Gasteiger partial charge in [0.2, 0.25) is 0 Å². The van der Waals surface area contributed by atoms with Crippen LogP contribution in [0.1, 0.15) is 81.8 Å². The fraction of sp³-hybridized carbons (Fsp3) is 0.577. The standard InChI is InChI=1S/C26H35N/c1-2-6-21-8-12-23(13-9-21)25-16-18-26(19-17-25)24-14-10-22(11-15-24)7-4-3-5-20-27/h3-5,7-9,12-13,22,24-26H,2,6,10-11,14-19H2,1H3/t22-,24-,25-,26-. The zero-order valence-corrected chi connectivity index (χ0v) is 16.9. The third kappa shape index (κ3) is 5.83. The van der Waals surface area contributed by atoms with Gasteiger partial charge in [0.25, 0.3) is 0 Å². The normalized spacial score (nSPS) is 29.2. The molecule has 0 atom stereocenters. The Kier molecular flexibility index (Phi) is 7.76. The van der Waals surface area contributed by atoms with Crippen LogP contribution >= 0.6 is 0 Å². The Balaban J connectivity index is 1.42. The lowest BCUT2D eigenvalue weighted by Gasteiger charge is -2.37. The van der Waals surface area contributed by atoms with Gasteiger partial charge >= 0.3 is 0 Å². The molecule has 0 bridgehead atoms. The number of hydrogen-bond donors (Lipinski definition) is 0. The molecule has 0 N–H and O–H groups in total. The second-order valence-electron chi connectivity index (χ2n) is 8.65. The maximum absolute atomic E-state index is 8.54. The molecule has 0 heterocycles. The van der Waals surface area contributed by atoms with E-state index in [1.165, 1.54) is 69.8 Å². The van der Waals surface area contributed by atoms with Crippen LogP contribution in [0.25, 0.3) is 0 Å². The molecule has 0 amide bonds. The third-order valence-electron chi connectivity index (χ3n) is 6.91. The van der Waals surface area contributed by atoms with Gasteiger partial charge in [0, 0.05) is 6.08 Å². The van der Waals surface area contributed by atoms with Gasteiger partial charge in [0.05, 0.1) is 6.07 Å². The van der Waals surface area contributed by atoms with E-state index in [9.17, 15) is 0 Å². The Morgan fingerprint density at radius 2 is 1.52 bits per heavy atom. The zero-order valence-electron chi connectivity index (χ0n) is 16.9. The highest BCUT2D eigenvalue weighted by molar-refractivity contribution is 5.26. The smallest absolute Gasteiger partial charge is 0.0912 e. The van der Waals surface area contributed by atoms with E-state index >= 15 is 0 Å². The minimum absolute atomic E-state index is 0.725. The summed E-state index contributed by atoms with van der Waals surface area (Å²) in [5, 5.41) is 8.54. The summed E-state index contributed by atoms with van der Waals surface area (Å²) < 4.78 is 0. The van der Waals surface area contributed by atoms with Crippen LogP contribution in [0.4, 0.5) is 0 Å². The van der Waals surface area contributed by atoms with Crippen LogP contribution in [0.5, 0.6) is 0 Å². The number of rotatable bonds is 6. The Morgan fingerprint density at radius 1 is 0.889 bits per heavy atom. The second-order valence-corrected chi connectivity index (χ2v) is 8.65. The number of benzene rings is 1. The maximum atomic E-state index is 8.54. The topological polar surface area (TPSA) is 23.8 Å². The van der Waals surface area contributed by atoms with E-state index in [4.69, 9.17) is 5.26 Å². The fourth-order valence-electron chi connectivity index (χ4n) is 5.30. The van der Waals surface area contributed by atoms with Crippen LogP contribution in [0.3, 0.4) is 0 Å². The van der Waals surface area contributed by atoms with E-state index in [2.05, 4.69) is 43.3 Å². The number of nitriles is 1. The summed E-state index contributed by atoms with van der Waals surface area (Å²) in [6.45, 7) is 2.25. The minimum atomic E-state index is 0.725. The Hall–Kier alpha value is -1.81. The molecule has 0 radical (unpaired) electrons. The first-order valence-corrected chi connectivity index (χ1v) is 11.1. The van der Waals surface area contributed by atoms with Crippen LogP contribution < -0.4 is 0 Å². The van der Waals surface area contributed by atoms with Crippen molar-refractivity contribution in [3.8, 4) is 6.07 Å². The molecule has 2 fully saturated rings. The van der Waals surface area contributed by atoms with Crippen molar-refractivity contribution in [1.29, 1.82) is 5.26 Å². The molecule has 2 saturated carbocycles. The van der Waals surface area contributed by atoms with Crippen LogP contribution in [0.15, 0.2) is 48.6 Å². The summed E-state index contributed by atoms with van der Waals surface area (Å²) in [6, 6.07) is 11.5. The molecule has 0 aliphatic heterocycles. The van der Waals surface area contributed by atoms with Crippen molar-refractivity contribution in [2.75, 3.05) is 0 Å². The minimum Gasteiger partial charge on any atom is -0.193 e. The van der Waals surface area contributed by atoms with Crippen molar-refractivity contribution in [3.63, 3.8) is 0 Å². The van der Waals surface area contributed by atoms with E-state index in [1.54, 1.807) is 11.6 Å². The van der Waals surface area contributed by atoms with E-state index in [0.717, 1.165) is 23.7 Å². The number of hydrogen-bond acceptors (Lipinski definition) is 1. The van der Waals surface area contributed by atoms with Gasteiger partial charge in [-0.2, -0.15) is 5.26 Å². The molecular weight excluding hydrogens is 326 g/mol. The Bertz CT molecular complexity index is 644. The second kappa shape index (κ2) is 10.5. The molecule has 1 nitrogen and oxygen atoms in total. The predicted octanol–water partition coefficient (Wildman–Crippen LogP) is 7.36. The number of aryl methyl sites for hydroxylation is 1. The quantitative estimate of drug-likeness (QED) is 0.383. The van der Waals surface area contributed by atoms with Crippen molar-refractivity contribution >= 4 is 0 Å². The average Bonchev–Trinajstić information content (AvgIpc) is 2.73. The summed E-state index contributed by atoms with van der Waals surface area (Å²) in [6.07, 6.45) is 21.3. The van der Waals surface area contributed by atoms with Gasteiger partial charge in [-0.15, -0.1) is 0 Å². The molecule has 0 unspecified atom stereocenters. The molecule has 2 aliphatic carbocycles. The monoisotopic (exact) mass is 361 g/mol. The first-order valence-electron chi connectivity index (χ1n) is 11.1. The van der Waals surface area contributed by atoms with Gasteiger partial charge in [0.15, 0.2) is 0 Å². The van der Waals surface area contributed by atoms with Gasteiger partial charge in [-0.25, -0.2) is 0 Å². The molecular formula is C26H35N. The zero-order chi connectivity index (χ0) is 18.9. The average molecular weight is 362 g/mol. The summed E-state index contributed by atoms with van der Waals surface area (Å²) >= 11 is 0. The highest BCUT2D eigenvalue weighted by Crippen LogP contribution is 2.44. The van der Waals surface area contributed by atoms with Gasteiger partial charge in [-0.1, -0.05) is 55.8 Å². The van der Waals surface area contributed by atoms with Gasteiger partial charge in [-0.05, 0) is 92.6 Å². The van der Waals surface area contributed by atoms with Crippen LogP contribution in [-0.4, -0.2) is 0 Å². The van der Waals surface area contributed by atoms with Crippen molar-refractivity contribution in [1.82, 2.24) is 0 Å². The molecule has 1 aromatic rings. The SMILES string of the molecule is CCCc1ccc([C@H]2CC[C@H]([C@H]3CC[C@H](C=CC=CC#N)CC3)CC2)cc1. The van der Waals surface area contributed by atoms with E-state index in [-0.39, 0.29) is 0 Å². The van der Waals surface area contributed by atoms with E-state index in [1.807, 2.05) is 12.1 Å². The summed E-state index contributed by atoms with van der Waals surface area (Å²) in [5.41, 5.74) is 3.07. The largest absolute Gasteiger partial charge is 0.193 e. The maximum Gasteiger partial charge on any atom is 0.0912 e. The van der Waals surface area contributed by atoms with Gasteiger partial charge < -0.3 is 0 Å². The molecule has 0 aromatic heterocycles. The molecule has 3 rings (SSSR count). The van der Waals surface area contributed by atoms with E-state index in [0.29, 0.717) is 0 Å². The number of allylic oxidation sites excluding steroid dienone is 4. The van der Waals surface area contributed by atoms with Crippen molar-refractivity contribution < 1.29 is 0 Å². The van der Waals surface area contributed by atoms with Crippen LogP contribution in [0, 0.1) is 29.1 Å². The van der Waals surface area contributed by atoms with Crippen LogP contribution in [0.2, 0.25) is 0 Å². The van der Waals surface area contributed by atoms with Gasteiger partial charge in [0.1, 0.15) is 0 Å². The molecule has 2 aliphatic rings. The fourth-order valence-corrected chi connectivity index (χ4v) is 5.30. The lowest BCUT2D eigenvalue weighted by atomic mass is 9.68. The van der Waals surface area contributed by atoms with Crippen molar-refractivity contribution in [2.24, 2.45) is 17.8 Å². The molecule has 1 heteroatoms. The lowest BCUT2D eigenvalue weighted by Crippen LogP contribution is -2.25. The highest BCUT2D eigenvalue weighted by Gasteiger charge is 2.30. The van der Waals surface area contributed by atoms with Gasteiger partial charge in [-0.3, -0.25) is 0 Å². The van der Waals surface area contributed by atoms with Crippen molar-refractivity contribution in [2.45, 2.75) is 77.0 Å². The molecule has 1 aromatic carbocycles. The number of nitrogens with zero attached hydrogens (tertiary/aromatic N) is 1. The Morgan fingerprint density at radius 3 is 2.11 bits per heavy atom. The predicted molar refractivity (Wildman–Crippen MR) is 114 cm³/mol. The summed E-state index contributed by atoms with van der Waals surface area (Å²) in [5.74, 6) is 3.44. The summed E-state index contributed by atoms with van der Waals surface area (Å²) in [7, 11) is 0. The van der Waals surface area contributed by atoms with E-state index < -0.39 is 0 Å². The van der Waals surface area contributed by atoms with Crippen molar-refractivity contribution in [3.05, 3.63) is 59.7 Å². The molecule has 27 heavy (non-hydrogen) atoms. The Labute approximate surface area is 166 Å². The first kappa shape index (κ1) is 19.9. The summed E-state index contributed by atoms with van der Waals surface area (Å²) in [4.78, 5) is 0. The van der Waals surface area contributed by atoms with Crippen LogP contribution in [-0.2, 0) is 6.42 Å². The lowest BCUT2D eigenvalue weighted by molar-refractivity contribution is 0.171. The molecule has 144 valence electrons. The third-order valence-corrected chi connectivity index (χ3v) is 6.91. The highest BCUT2D eigenvalue weighted by atomic mass is 14.4. The molecule has 0 saturated heterocycles. The molecule has 0 spiro atoms.